The van der Waals surface area contributed by atoms with Crippen molar-refractivity contribution in [2.75, 3.05) is 7.11 Å². The van der Waals surface area contributed by atoms with Gasteiger partial charge in [0.05, 0.1) is 35.0 Å². The molecule has 0 unspecified atom stereocenters. The molecule has 0 atom stereocenters. The summed E-state index contributed by atoms with van der Waals surface area (Å²) in [6, 6.07) is 12.9. The summed E-state index contributed by atoms with van der Waals surface area (Å²) in [6.45, 7) is 4.30. The Labute approximate surface area is 174 Å². The molecule has 3 rings (SSSR count). The molecule has 0 spiro atoms. The molecular weight excluding hydrogens is 397 g/mol. The molecule has 5 nitrogen and oxygen atoms in total. The van der Waals surface area contributed by atoms with Gasteiger partial charge >= 0.3 is 0 Å². The summed E-state index contributed by atoms with van der Waals surface area (Å²) < 4.78 is 6.92. The molecule has 0 radical (unpaired) electrons. The van der Waals surface area contributed by atoms with Crippen LogP contribution < -0.4 is 10.1 Å². The second-order valence-corrected chi connectivity index (χ2v) is 7.28. The van der Waals surface area contributed by atoms with Crippen LogP contribution in [-0.4, -0.2) is 22.8 Å². The molecule has 0 saturated heterocycles. The number of aryl methyl sites for hydroxylation is 1. The third-order valence-electron chi connectivity index (χ3n) is 4.57. The second-order valence-electron chi connectivity index (χ2n) is 6.46. The van der Waals surface area contributed by atoms with E-state index < -0.39 is 0 Å². The van der Waals surface area contributed by atoms with Crippen LogP contribution in [0.5, 0.6) is 5.75 Å². The average molecular weight is 418 g/mol. The molecule has 146 valence electrons. The number of nitrogens with one attached hydrogen (secondary N) is 1. The van der Waals surface area contributed by atoms with Gasteiger partial charge in [0, 0.05) is 17.8 Å². The summed E-state index contributed by atoms with van der Waals surface area (Å²) in [7, 11) is 1.62. The summed E-state index contributed by atoms with van der Waals surface area (Å²) in [5.74, 6) is 0.728. The Morgan fingerprint density at radius 2 is 1.82 bits per heavy atom. The van der Waals surface area contributed by atoms with Crippen LogP contribution in [0.2, 0.25) is 10.0 Å². The number of benzene rings is 2. The molecule has 0 fully saturated rings. The second kappa shape index (κ2) is 8.67. The van der Waals surface area contributed by atoms with E-state index in [1.807, 2.05) is 44.2 Å². The summed E-state index contributed by atoms with van der Waals surface area (Å²) in [6.07, 6.45) is 0.259. The number of hydrogen-bond acceptors (Lipinski definition) is 3. The van der Waals surface area contributed by atoms with Gasteiger partial charge < -0.3 is 10.1 Å². The van der Waals surface area contributed by atoms with Gasteiger partial charge in [-0.3, -0.25) is 4.79 Å². The third kappa shape index (κ3) is 4.49. The summed E-state index contributed by atoms with van der Waals surface area (Å²) >= 11 is 12.1. The fourth-order valence-electron chi connectivity index (χ4n) is 2.97. The number of rotatable bonds is 6. The lowest BCUT2D eigenvalue weighted by Crippen LogP contribution is -2.25. The minimum atomic E-state index is -0.0595. The fraction of sp³-hybridized carbons (Fsp3) is 0.238. The lowest BCUT2D eigenvalue weighted by molar-refractivity contribution is -0.120. The van der Waals surface area contributed by atoms with Gasteiger partial charge in [-0.15, -0.1) is 0 Å². The van der Waals surface area contributed by atoms with Crippen LogP contribution in [0.1, 0.15) is 22.5 Å². The van der Waals surface area contributed by atoms with E-state index in [0.29, 0.717) is 16.6 Å². The predicted molar refractivity (Wildman–Crippen MR) is 112 cm³/mol. The maximum Gasteiger partial charge on any atom is 0.224 e. The maximum absolute atomic E-state index is 12.4. The average Bonchev–Trinajstić information content (AvgIpc) is 2.97. The van der Waals surface area contributed by atoms with Crippen molar-refractivity contribution in [3.8, 4) is 11.4 Å². The number of methoxy groups -OCH3 is 1. The summed E-state index contributed by atoms with van der Waals surface area (Å²) in [5, 5.41) is 8.47. The number of aromatic nitrogens is 2. The minimum Gasteiger partial charge on any atom is -0.497 e. The smallest absolute Gasteiger partial charge is 0.224 e. The molecule has 2 aromatic carbocycles. The van der Waals surface area contributed by atoms with Crippen molar-refractivity contribution in [2.24, 2.45) is 0 Å². The molecule has 0 aliphatic heterocycles. The normalized spacial score (nSPS) is 10.8. The highest BCUT2D eigenvalue weighted by Gasteiger charge is 2.16. The molecule has 0 bridgehead atoms. The molecule has 1 N–H and O–H groups in total. The number of ether oxygens (including phenoxy) is 1. The van der Waals surface area contributed by atoms with Crippen LogP contribution in [-0.2, 0) is 17.8 Å². The highest BCUT2D eigenvalue weighted by molar-refractivity contribution is 6.42. The zero-order valence-electron chi connectivity index (χ0n) is 15.9. The van der Waals surface area contributed by atoms with Gasteiger partial charge in [-0.05, 0) is 49.7 Å². The number of halogens is 2. The van der Waals surface area contributed by atoms with Gasteiger partial charge in [0.15, 0.2) is 0 Å². The zero-order chi connectivity index (χ0) is 20.3. The quantitative estimate of drug-likeness (QED) is 0.634. The first-order valence-corrected chi connectivity index (χ1v) is 9.54. The summed E-state index contributed by atoms with van der Waals surface area (Å²) in [5.41, 5.74) is 4.42. The standard InChI is InChI=1S/C21H21Cl2N3O2/c1-13-18(11-21(27)24-12-15-4-7-17(28-3)8-5-15)14(2)26(25-13)16-6-9-19(22)20(23)10-16/h4-10H,11-12H2,1-3H3,(H,24,27). The minimum absolute atomic E-state index is 0.0595. The van der Waals surface area contributed by atoms with Gasteiger partial charge in [-0.1, -0.05) is 35.3 Å². The van der Waals surface area contributed by atoms with E-state index in [9.17, 15) is 4.79 Å². The van der Waals surface area contributed by atoms with E-state index in [1.54, 1.807) is 23.9 Å². The van der Waals surface area contributed by atoms with Crippen molar-refractivity contribution >= 4 is 29.1 Å². The maximum atomic E-state index is 12.4. The predicted octanol–water partition coefficient (Wildman–Crippen LogP) is 4.66. The molecule has 0 aliphatic rings. The van der Waals surface area contributed by atoms with Crippen molar-refractivity contribution in [2.45, 2.75) is 26.8 Å². The van der Waals surface area contributed by atoms with Crippen LogP contribution in [0.3, 0.4) is 0 Å². The number of nitrogens with zero attached hydrogens (tertiary/aromatic N) is 2. The van der Waals surface area contributed by atoms with Gasteiger partial charge in [0.2, 0.25) is 5.91 Å². The van der Waals surface area contributed by atoms with E-state index in [4.69, 9.17) is 27.9 Å². The van der Waals surface area contributed by atoms with Crippen molar-refractivity contribution in [3.63, 3.8) is 0 Å². The number of carbonyl (C=O) groups is 1. The molecule has 3 aromatic rings. The molecule has 7 heteroatoms. The van der Waals surface area contributed by atoms with Crippen LogP contribution in [0, 0.1) is 13.8 Å². The molecule has 1 amide bonds. The number of amides is 1. The van der Waals surface area contributed by atoms with Gasteiger partial charge in [-0.2, -0.15) is 5.10 Å². The Morgan fingerprint density at radius 3 is 2.46 bits per heavy atom. The molecule has 28 heavy (non-hydrogen) atoms. The van der Waals surface area contributed by atoms with Crippen molar-refractivity contribution < 1.29 is 9.53 Å². The van der Waals surface area contributed by atoms with E-state index >= 15 is 0 Å². The van der Waals surface area contributed by atoms with Gasteiger partial charge in [0.1, 0.15) is 5.75 Å². The third-order valence-corrected chi connectivity index (χ3v) is 5.31. The van der Waals surface area contributed by atoms with Crippen molar-refractivity contribution in [3.05, 3.63) is 75.0 Å². The van der Waals surface area contributed by atoms with Crippen molar-refractivity contribution in [1.82, 2.24) is 15.1 Å². The highest BCUT2D eigenvalue weighted by atomic mass is 35.5. The Morgan fingerprint density at radius 1 is 1.11 bits per heavy atom. The van der Waals surface area contributed by atoms with Crippen LogP contribution in [0.4, 0.5) is 0 Å². The Kier molecular flexibility index (Phi) is 6.27. The van der Waals surface area contributed by atoms with Gasteiger partial charge in [0.25, 0.3) is 0 Å². The Bertz CT molecular complexity index is 998. The molecule has 1 aromatic heterocycles. The largest absolute Gasteiger partial charge is 0.497 e. The van der Waals surface area contributed by atoms with Crippen LogP contribution in [0.15, 0.2) is 42.5 Å². The first-order chi connectivity index (χ1) is 13.4. The van der Waals surface area contributed by atoms with E-state index in [1.165, 1.54) is 0 Å². The molecule has 0 aliphatic carbocycles. The van der Waals surface area contributed by atoms with E-state index in [0.717, 1.165) is 34.0 Å². The number of hydrogen-bond donors (Lipinski definition) is 1. The number of carbonyl (C=O) groups excluding carboxylic acids is 1. The fourth-order valence-corrected chi connectivity index (χ4v) is 3.26. The van der Waals surface area contributed by atoms with E-state index in [2.05, 4.69) is 10.4 Å². The Hall–Kier alpha value is -2.50. The lowest BCUT2D eigenvalue weighted by atomic mass is 10.1. The van der Waals surface area contributed by atoms with Crippen molar-refractivity contribution in [1.29, 1.82) is 0 Å². The zero-order valence-corrected chi connectivity index (χ0v) is 17.4. The molecule has 0 saturated carbocycles. The first-order valence-electron chi connectivity index (χ1n) is 8.79. The highest BCUT2D eigenvalue weighted by Crippen LogP contribution is 2.26. The van der Waals surface area contributed by atoms with Gasteiger partial charge in [-0.25, -0.2) is 4.68 Å². The SMILES string of the molecule is COc1ccc(CNC(=O)Cc2c(C)nn(-c3ccc(Cl)c(Cl)c3)c2C)cc1. The first kappa shape index (κ1) is 20.2. The summed E-state index contributed by atoms with van der Waals surface area (Å²) in [4.78, 5) is 12.4. The van der Waals surface area contributed by atoms with Crippen LogP contribution >= 0.6 is 23.2 Å². The van der Waals surface area contributed by atoms with E-state index in [-0.39, 0.29) is 12.3 Å². The molecular formula is C21H21Cl2N3O2. The van der Waals surface area contributed by atoms with Crippen LogP contribution in [0.25, 0.3) is 5.69 Å². The molecule has 1 heterocycles. The Balaban J connectivity index is 1.70. The monoisotopic (exact) mass is 417 g/mol. The lowest BCUT2D eigenvalue weighted by Gasteiger charge is -2.08. The topological polar surface area (TPSA) is 56.1 Å².